The van der Waals surface area contributed by atoms with Gasteiger partial charge in [-0.1, -0.05) is 61.9 Å². The molecular formula is C25H29F3N2O3. The molecule has 1 aromatic carbocycles. The molecule has 1 amide bonds. The summed E-state index contributed by atoms with van der Waals surface area (Å²) in [4.78, 5) is 31.0. The van der Waals surface area contributed by atoms with Crippen molar-refractivity contribution in [2.24, 2.45) is 11.3 Å². The summed E-state index contributed by atoms with van der Waals surface area (Å²) in [5, 5.41) is 0. The van der Waals surface area contributed by atoms with E-state index >= 15 is 0 Å². The second-order valence-electron chi connectivity index (χ2n) is 8.98. The summed E-state index contributed by atoms with van der Waals surface area (Å²) in [6, 6.07) is 9.39. The van der Waals surface area contributed by atoms with E-state index in [0.717, 1.165) is 24.5 Å². The molecule has 0 bridgehead atoms. The molecule has 0 unspecified atom stereocenters. The SMILES string of the molecule is CCCCN1C[C@@H]2C=C(C(F)(F)F)C=C[C@@]23CN(Cc2ccccc2)C(=O)[C@@]13C(=O)OCC. The number of halogens is 3. The maximum absolute atomic E-state index is 14.0. The van der Waals surface area contributed by atoms with Gasteiger partial charge in [0, 0.05) is 25.6 Å². The zero-order chi connectivity index (χ0) is 23.9. The Morgan fingerprint density at radius 3 is 2.58 bits per heavy atom. The highest BCUT2D eigenvalue weighted by molar-refractivity contribution is 6.11. The van der Waals surface area contributed by atoms with Gasteiger partial charge >= 0.3 is 12.1 Å². The van der Waals surface area contributed by atoms with Gasteiger partial charge in [0.1, 0.15) is 0 Å². The highest BCUT2D eigenvalue weighted by atomic mass is 19.4. The van der Waals surface area contributed by atoms with Gasteiger partial charge in [-0.25, -0.2) is 4.79 Å². The fourth-order valence-corrected chi connectivity index (χ4v) is 5.66. The normalized spacial score (nSPS) is 29.1. The summed E-state index contributed by atoms with van der Waals surface area (Å²) in [6.45, 7) is 4.82. The molecule has 0 N–H and O–H groups in total. The van der Waals surface area contributed by atoms with Crippen molar-refractivity contribution in [3.8, 4) is 0 Å². The van der Waals surface area contributed by atoms with Crippen LogP contribution in [0.15, 0.2) is 54.1 Å². The summed E-state index contributed by atoms with van der Waals surface area (Å²) in [6.07, 6.45) is 0.760. The molecule has 5 nitrogen and oxygen atoms in total. The standard InChI is InChI=1S/C25H29F3N2O3/c1-3-5-13-30-16-20-14-19(25(26,27)28)11-12-23(20)17-29(15-18-9-7-6-8-10-18)21(31)24(23,30)22(32)33-4-2/h6-12,14,20H,3-5,13,15-17H2,1-2H3/t20-,23+,24-/m0/s1. The molecule has 3 aliphatic rings. The first kappa shape index (κ1) is 23.5. The highest BCUT2D eigenvalue weighted by Crippen LogP contribution is 2.59. The largest absolute Gasteiger partial charge is 0.464 e. The summed E-state index contributed by atoms with van der Waals surface area (Å²) >= 11 is 0. The Bertz CT molecular complexity index is 975. The molecule has 0 saturated carbocycles. The van der Waals surface area contributed by atoms with Crippen molar-refractivity contribution in [2.45, 2.75) is 44.9 Å². The minimum Gasteiger partial charge on any atom is -0.464 e. The topological polar surface area (TPSA) is 49.9 Å². The fraction of sp³-hybridized carbons (Fsp3) is 0.520. The number of alkyl halides is 3. The number of esters is 1. The van der Waals surface area contributed by atoms with Crippen LogP contribution in [0.2, 0.25) is 0 Å². The van der Waals surface area contributed by atoms with Gasteiger partial charge in [-0.3, -0.25) is 9.69 Å². The predicted molar refractivity (Wildman–Crippen MR) is 117 cm³/mol. The molecule has 2 saturated heterocycles. The number of carbonyl (C=O) groups is 2. The molecule has 2 aliphatic heterocycles. The van der Waals surface area contributed by atoms with Crippen molar-refractivity contribution in [3.05, 3.63) is 59.7 Å². The van der Waals surface area contributed by atoms with Crippen molar-refractivity contribution in [2.75, 3.05) is 26.2 Å². The molecule has 178 valence electrons. The third kappa shape index (κ3) is 3.59. The lowest BCUT2D eigenvalue weighted by Gasteiger charge is -2.40. The Morgan fingerprint density at radius 1 is 1.21 bits per heavy atom. The summed E-state index contributed by atoms with van der Waals surface area (Å²) in [5.41, 5.74) is -2.62. The van der Waals surface area contributed by atoms with Crippen molar-refractivity contribution in [1.82, 2.24) is 9.80 Å². The molecule has 4 rings (SSSR count). The van der Waals surface area contributed by atoms with E-state index in [4.69, 9.17) is 4.74 Å². The predicted octanol–water partition coefficient (Wildman–Crippen LogP) is 4.11. The first-order valence-corrected chi connectivity index (χ1v) is 11.4. The lowest BCUT2D eigenvalue weighted by atomic mass is 9.64. The third-order valence-electron chi connectivity index (χ3n) is 7.11. The van der Waals surface area contributed by atoms with Crippen LogP contribution in [0.25, 0.3) is 0 Å². The van der Waals surface area contributed by atoms with Crippen LogP contribution in [0.4, 0.5) is 13.2 Å². The maximum atomic E-state index is 14.0. The van der Waals surface area contributed by atoms with Gasteiger partial charge in [0.15, 0.2) is 0 Å². The van der Waals surface area contributed by atoms with E-state index in [9.17, 15) is 22.8 Å². The van der Waals surface area contributed by atoms with Crippen molar-refractivity contribution < 1.29 is 27.5 Å². The van der Waals surface area contributed by atoms with Crippen LogP contribution in [0.1, 0.15) is 32.3 Å². The second kappa shape index (κ2) is 8.63. The quantitative estimate of drug-likeness (QED) is 0.452. The van der Waals surface area contributed by atoms with Crippen molar-refractivity contribution in [1.29, 1.82) is 0 Å². The van der Waals surface area contributed by atoms with Crippen LogP contribution < -0.4 is 0 Å². The average molecular weight is 463 g/mol. The first-order chi connectivity index (χ1) is 15.7. The van der Waals surface area contributed by atoms with E-state index in [1.165, 1.54) is 12.2 Å². The van der Waals surface area contributed by atoms with E-state index < -0.39 is 40.5 Å². The number of hydrogen-bond donors (Lipinski definition) is 0. The molecule has 33 heavy (non-hydrogen) atoms. The van der Waals surface area contributed by atoms with E-state index in [1.54, 1.807) is 16.7 Å². The minimum atomic E-state index is -4.49. The molecule has 8 heteroatoms. The Balaban J connectivity index is 1.83. The Kier molecular flexibility index (Phi) is 6.16. The van der Waals surface area contributed by atoms with Crippen LogP contribution in [0.3, 0.4) is 0 Å². The van der Waals surface area contributed by atoms with E-state index in [-0.39, 0.29) is 26.2 Å². The Labute approximate surface area is 191 Å². The van der Waals surface area contributed by atoms with Gasteiger partial charge < -0.3 is 9.64 Å². The van der Waals surface area contributed by atoms with Crippen LogP contribution >= 0.6 is 0 Å². The third-order valence-corrected chi connectivity index (χ3v) is 7.11. The Hall–Kier alpha value is -2.61. The zero-order valence-corrected chi connectivity index (χ0v) is 18.9. The molecule has 1 spiro atoms. The number of amides is 1. The van der Waals surface area contributed by atoms with Crippen LogP contribution in [-0.2, 0) is 20.9 Å². The van der Waals surface area contributed by atoms with Crippen LogP contribution in [0.5, 0.6) is 0 Å². The number of ether oxygens (including phenoxy) is 1. The number of allylic oxidation sites excluding steroid dienone is 2. The Morgan fingerprint density at radius 2 is 1.94 bits per heavy atom. The lowest BCUT2D eigenvalue weighted by molar-refractivity contribution is -0.165. The fourth-order valence-electron chi connectivity index (χ4n) is 5.66. The van der Waals surface area contributed by atoms with E-state index in [0.29, 0.717) is 6.54 Å². The van der Waals surface area contributed by atoms with Crippen molar-refractivity contribution in [3.63, 3.8) is 0 Å². The molecule has 2 fully saturated rings. The number of nitrogens with zero attached hydrogens (tertiary/aromatic N) is 2. The summed E-state index contributed by atoms with van der Waals surface area (Å²) in [7, 11) is 0. The number of unbranched alkanes of at least 4 members (excludes halogenated alkanes) is 1. The number of hydrogen-bond acceptors (Lipinski definition) is 4. The number of rotatable bonds is 7. The van der Waals surface area contributed by atoms with E-state index in [2.05, 4.69) is 0 Å². The number of carbonyl (C=O) groups excluding carboxylic acids is 2. The molecule has 2 heterocycles. The van der Waals surface area contributed by atoms with Gasteiger partial charge in [0.25, 0.3) is 5.91 Å². The average Bonchev–Trinajstić information content (AvgIpc) is 3.19. The maximum Gasteiger partial charge on any atom is 0.416 e. The van der Waals surface area contributed by atoms with Gasteiger partial charge in [-0.15, -0.1) is 0 Å². The van der Waals surface area contributed by atoms with E-state index in [1.807, 2.05) is 37.3 Å². The van der Waals surface area contributed by atoms with Gasteiger partial charge in [0.2, 0.25) is 5.54 Å². The van der Waals surface area contributed by atoms with Gasteiger partial charge in [-0.2, -0.15) is 13.2 Å². The lowest BCUT2D eigenvalue weighted by Crippen LogP contribution is -2.63. The highest BCUT2D eigenvalue weighted by Gasteiger charge is 2.76. The monoisotopic (exact) mass is 462 g/mol. The van der Waals surface area contributed by atoms with Crippen LogP contribution in [-0.4, -0.2) is 59.6 Å². The zero-order valence-electron chi connectivity index (χ0n) is 18.9. The molecule has 1 aliphatic carbocycles. The molecule has 0 radical (unpaired) electrons. The molecule has 3 atom stereocenters. The number of likely N-dealkylation sites (tertiary alicyclic amines) is 2. The van der Waals surface area contributed by atoms with Gasteiger partial charge in [0.05, 0.1) is 17.6 Å². The summed E-state index contributed by atoms with van der Waals surface area (Å²) in [5.74, 6) is -1.69. The smallest absolute Gasteiger partial charge is 0.416 e. The molecule has 0 aromatic heterocycles. The first-order valence-electron chi connectivity index (χ1n) is 11.4. The second-order valence-corrected chi connectivity index (χ2v) is 8.98. The van der Waals surface area contributed by atoms with Crippen molar-refractivity contribution >= 4 is 11.9 Å². The van der Waals surface area contributed by atoms with Gasteiger partial charge in [-0.05, 0) is 25.5 Å². The molecular weight excluding hydrogens is 433 g/mol. The van der Waals surface area contributed by atoms with Crippen LogP contribution in [0, 0.1) is 11.3 Å². The summed E-state index contributed by atoms with van der Waals surface area (Å²) < 4.78 is 46.1. The molecule has 1 aromatic rings. The number of benzene rings is 1. The minimum absolute atomic E-state index is 0.0856.